The quantitative estimate of drug-likeness (QED) is 0.860. The lowest BCUT2D eigenvalue weighted by Gasteiger charge is -2.25. The Hall–Kier alpha value is -0.860. The van der Waals surface area contributed by atoms with Gasteiger partial charge in [-0.25, -0.2) is 0 Å². The van der Waals surface area contributed by atoms with Crippen LogP contribution in [0, 0.1) is 12.8 Å². The SMILES string of the molecule is Cc1ccc(C(C)N2CC3CCCNC3C2)cc1. The molecule has 0 bridgehead atoms. The maximum atomic E-state index is 3.68. The molecule has 1 aromatic rings. The molecule has 3 rings (SSSR count). The van der Waals surface area contributed by atoms with Crippen LogP contribution in [-0.2, 0) is 0 Å². The van der Waals surface area contributed by atoms with Gasteiger partial charge in [-0.2, -0.15) is 0 Å². The zero-order valence-corrected chi connectivity index (χ0v) is 11.5. The third-order valence-corrected chi connectivity index (χ3v) is 4.73. The van der Waals surface area contributed by atoms with Crippen LogP contribution < -0.4 is 5.32 Å². The van der Waals surface area contributed by atoms with Crippen molar-refractivity contribution in [3.63, 3.8) is 0 Å². The number of hydrogen-bond donors (Lipinski definition) is 1. The van der Waals surface area contributed by atoms with Crippen molar-refractivity contribution in [3.8, 4) is 0 Å². The number of rotatable bonds is 2. The Labute approximate surface area is 110 Å². The zero-order valence-electron chi connectivity index (χ0n) is 11.5. The maximum absolute atomic E-state index is 3.68. The molecule has 18 heavy (non-hydrogen) atoms. The zero-order chi connectivity index (χ0) is 12.5. The Morgan fingerprint density at radius 2 is 2.00 bits per heavy atom. The molecule has 3 unspecified atom stereocenters. The summed E-state index contributed by atoms with van der Waals surface area (Å²) in [6, 6.07) is 10.3. The molecule has 0 radical (unpaired) electrons. The minimum atomic E-state index is 0.554. The van der Waals surface area contributed by atoms with Crippen LogP contribution in [0.3, 0.4) is 0 Å². The number of nitrogens with one attached hydrogen (secondary N) is 1. The number of nitrogens with zero attached hydrogens (tertiary/aromatic N) is 1. The molecule has 1 N–H and O–H groups in total. The van der Waals surface area contributed by atoms with Gasteiger partial charge in [-0.3, -0.25) is 4.90 Å². The summed E-state index contributed by atoms with van der Waals surface area (Å²) in [6.45, 7) is 8.21. The molecule has 1 aromatic carbocycles. The average molecular weight is 244 g/mol. The Bertz CT molecular complexity index is 384. The van der Waals surface area contributed by atoms with Gasteiger partial charge in [0.1, 0.15) is 0 Å². The van der Waals surface area contributed by atoms with E-state index in [9.17, 15) is 0 Å². The highest BCUT2D eigenvalue weighted by Crippen LogP contribution is 2.31. The Morgan fingerprint density at radius 1 is 1.22 bits per heavy atom. The van der Waals surface area contributed by atoms with Crippen LogP contribution in [0.2, 0.25) is 0 Å². The van der Waals surface area contributed by atoms with Crippen LogP contribution >= 0.6 is 0 Å². The van der Waals surface area contributed by atoms with Gasteiger partial charge in [0, 0.05) is 25.2 Å². The van der Waals surface area contributed by atoms with Crippen molar-refractivity contribution in [2.24, 2.45) is 5.92 Å². The van der Waals surface area contributed by atoms with Gasteiger partial charge >= 0.3 is 0 Å². The second-order valence-corrected chi connectivity index (χ2v) is 6.00. The van der Waals surface area contributed by atoms with Crippen molar-refractivity contribution in [2.75, 3.05) is 19.6 Å². The third-order valence-electron chi connectivity index (χ3n) is 4.73. The lowest BCUT2D eigenvalue weighted by atomic mass is 9.94. The predicted molar refractivity (Wildman–Crippen MR) is 75.7 cm³/mol. The summed E-state index contributed by atoms with van der Waals surface area (Å²) < 4.78 is 0. The molecular formula is C16H24N2. The van der Waals surface area contributed by atoms with Crippen LogP contribution in [0.4, 0.5) is 0 Å². The summed E-state index contributed by atoms with van der Waals surface area (Å²) >= 11 is 0. The Morgan fingerprint density at radius 3 is 2.72 bits per heavy atom. The van der Waals surface area contributed by atoms with Crippen LogP contribution in [-0.4, -0.2) is 30.6 Å². The van der Waals surface area contributed by atoms with Gasteiger partial charge in [0.15, 0.2) is 0 Å². The molecule has 2 aliphatic heterocycles. The maximum Gasteiger partial charge on any atom is 0.0320 e. The highest BCUT2D eigenvalue weighted by molar-refractivity contribution is 5.24. The molecule has 2 heteroatoms. The topological polar surface area (TPSA) is 15.3 Å². The van der Waals surface area contributed by atoms with E-state index in [1.165, 1.54) is 43.6 Å². The Balaban J connectivity index is 1.70. The number of likely N-dealkylation sites (tertiary alicyclic amines) is 1. The predicted octanol–water partition coefficient (Wildman–Crippen LogP) is 2.74. The normalized spacial score (nSPS) is 30.1. The number of benzene rings is 1. The average Bonchev–Trinajstić information content (AvgIpc) is 2.82. The van der Waals surface area contributed by atoms with E-state index >= 15 is 0 Å². The van der Waals surface area contributed by atoms with Crippen molar-refractivity contribution in [1.82, 2.24) is 10.2 Å². The molecule has 2 saturated heterocycles. The summed E-state index contributed by atoms with van der Waals surface area (Å²) in [5, 5.41) is 3.68. The van der Waals surface area contributed by atoms with Gasteiger partial charge < -0.3 is 5.32 Å². The highest BCUT2D eigenvalue weighted by atomic mass is 15.2. The van der Waals surface area contributed by atoms with E-state index in [2.05, 4.69) is 48.3 Å². The first-order chi connectivity index (χ1) is 8.74. The van der Waals surface area contributed by atoms with E-state index in [0.29, 0.717) is 6.04 Å². The van der Waals surface area contributed by atoms with Crippen LogP contribution in [0.5, 0.6) is 0 Å². The summed E-state index contributed by atoms with van der Waals surface area (Å²) in [4.78, 5) is 2.65. The van der Waals surface area contributed by atoms with E-state index in [1.807, 2.05) is 0 Å². The van der Waals surface area contributed by atoms with Gasteiger partial charge in [-0.05, 0) is 44.7 Å². The largest absolute Gasteiger partial charge is 0.312 e. The fourth-order valence-corrected chi connectivity index (χ4v) is 3.45. The monoisotopic (exact) mass is 244 g/mol. The third kappa shape index (κ3) is 2.32. The number of piperidine rings is 1. The smallest absolute Gasteiger partial charge is 0.0320 e. The molecule has 2 fully saturated rings. The first-order valence-electron chi connectivity index (χ1n) is 7.28. The molecule has 0 aliphatic carbocycles. The fourth-order valence-electron chi connectivity index (χ4n) is 3.45. The molecule has 0 spiro atoms. The van der Waals surface area contributed by atoms with E-state index in [4.69, 9.17) is 0 Å². The van der Waals surface area contributed by atoms with E-state index in [-0.39, 0.29) is 0 Å². The molecule has 0 saturated carbocycles. The summed E-state index contributed by atoms with van der Waals surface area (Å²) in [7, 11) is 0. The molecule has 2 nitrogen and oxygen atoms in total. The van der Waals surface area contributed by atoms with Gasteiger partial charge in [0.2, 0.25) is 0 Å². The summed E-state index contributed by atoms with van der Waals surface area (Å²) in [5.74, 6) is 0.881. The standard InChI is InChI=1S/C16H24N2/c1-12-5-7-14(8-6-12)13(2)18-10-15-4-3-9-17-16(15)11-18/h5-8,13,15-17H,3-4,9-11H2,1-2H3. The van der Waals surface area contributed by atoms with E-state index in [0.717, 1.165) is 12.0 Å². The van der Waals surface area contributed by atoms with Crippen LogP contribution in [0.1, 0.15) is 36.9 Å². The second-order valence-electron chi connectivity index (χ2n) is 6.00. The van der Waals surface area contributed by atoms with Crippen molar-refractivity contribution < 1.29 is 0 Å². The first-order valence-corrected chi connectivity index (χ1v) is 7.28. The van der Waals surface area contributed by atoms with Crippen molar-refractivity contribution in [3.05, 3.63) is 35.4 Å². The lowest BCUT2D eigenvalue weighted by Crippen LogP contribution is -2.40. The minimum absolute atomic E-state index is 0.554. The molecule has 2 heterocycles. The van der Waals surface area contributed by atoms with Gasteiger partial charge in [-0.15, -0.1) is 0 Å². The first kappa shape index (κ1) is 12.2. The Kier molecular flexibility index (Phi) is 3.40. The number of hydrogen-bond acceptors (Lipinski definition) is 2. The van der Waals surface area contributed by atoms with Crippen molar-refractivity contribution in [2.45, 2.75) is 38.8 Å². The summed E-state index contributed by atoms with van der Waals surface area (Å²) in [6.07, 6.45) is 2.77. The molecular weight excluding hydrogens is 220 g/mol. The van der Waals surface area contributed by atoms with E-state index < -0.39 is 0 Å². The second kappa shape index (κ2) is 5.02. The van der Waals surface area contributed by atoms with Gasteiger partial charge in [-0.1, -0.05) is 29.8 Å². The molecule has 0 aromatic heterocycles. The number of aryl methyl sites for hydroxylation is 1. The number of fused-ring (bicyclic) bond motifs is 1. The van der Waals surface area contributed by atoms with Crippen LogP contribution in [0.15, 0.2) is 24.3 Å². The van der Waals surface area contributed by atoms with Crippen LogP contribution in [0.25, 0.3) is 0 Å². The molecule has 2 aliphatic rings. The fraction of sp³-hybridized carbons (Fsp3) is 0.625. The van der Waals surface area contributed by atoms with Crippen molar-refractivity contribution in [1.29, 1.82) is 0 Å². The van der Waals surface area contributed by atoms with Gasteiger partial charge in [0.05, 0.1) is 0 Å². The minimum Gasteiger partial charge on any atom is -0.312 e. The highest BCUT2D eigenvalue weighted by Gasteiger charge is 2.36. The molecule has 98 valence electrons. The van der Waals surface area contributed by atoms with Gasteiger partial charge in [0.25, 0.3) is 0 Å². The van der Waals surface area contributed by atoms with E-state index in [1.54, 1.807) is 0 Å². The molecule has 0 amide bonds. The van der Waals surface area contributed by atoms with Crippen molar-refractivity contribution >= 4 is 0 Å². The molecule has 3 atom stereocenters. The lowest BCUT2D eigenvalue weighted by molar-refractivity contribution is 0.251. The summed E-state index contributed by atoms with van der Waals surface area (Å²) in [5.41, 5.74) is 2.81.